The van der Waals surface area contributed by atoms with Crippen molar-refractivity contribution in [3.8, 4) is 0 Å². The third-order valence-electron chi connectivity index (χ3n) is 1.58. The van der Waals surface area contributed by atoms with E-state index in [0.717, 1.165) is 6.54 Å². The van der Waals surface area contributed by atoms with E-state index in [-0.39, 0.29) is 11.2 Å². The first-order chi connectivity index (χ1) is 5.45. The van der Waals surface area contributed by atoms with Crippen LogP contribution in [0.4, 0.5) is 0 Å². The van der Waals surface area contributed by atoms with Crippen molar-refractivity contribution in [1.29, 1.82) is 0 Å². The minimum atomic E-state index is -0.177. The second-order valence-electron chi connectivity index (χ2n) is 3.83. The summed E-state index contributed by atoms with van der Waals surface area (Å²) < 4.78 is 0. The Balaban J connectivity index is 3.72. The predicted molar refractivity (Wildman–Crippen MR) is 55.5 cm³/mol. The zero-order valence-electron chi connectivity index (χ0n) is 8.29. The van der Waals surface area contributed by atoms with Gasteiger partial charge in [0.1, 0.15) is 0 Å². The van der Waals surface area contributed by atoms with Crippen LogP contribution in [0.3, 0.4) is 0 Å². The molecule has 0 saturated carbocycles. The van der Waals surface area contributed by atoms with Gasteiger partial charge < -0.3 is 5.32 Å². The van der Waals surface area contributed by atoms with Gasteiger partial charge in [0.25, 0.3) is 0 Å². The van der Waals surface area contributed by atoms with Crippen molar-refractivity contribution < 1.29 is 4.79 Å². The van der Waals surface area contributed by atoms with Crippen molar-refractivity contribution in [3.63, 3.8) is 0 Å². The molecule has 1 atom stereocenters. The third-order valence-corrected chi connectivity index (χ3v) is 2.42. The molecule has 0 radical (unpaired) electrons. The van der Waals surface area contributed by atoms with Crippen LogP contribution in [0, 0.1) is 11.8 Å². The third kappa shape index (κ3) is 4.65. The second kappa shape index (κ2) is 5.46. The first-order valence-corrected chi connectivity index (χ1v) is 4.92. The Morgan fingerprint density at radius 1 is 1.33 bits per heavy atom. The van der Waals surface area contributed by atoms with Gasteiger partial charge in [0.2, 0.25) is 5.91 Å². The zero-order chi connectivity index (χ0) is 9.72. The molecule has 0 fully saturated rings. The number of rotatable bonds is 4. The maximum absolute atomic E-state index is 11.3. The van der Waals surface area contributed by atoms with E-state index in [1.165, 1.54) is 0 Å². The summed E-state index contributed by atoms with van der Waals surface area (Å²) in [5.74, 6) is 0.837. The number of carbonyl (C=O) groups excluding carboxylic acids is 1. The van der Waals surface area contributed by atoms with Gasteiger partial charge in [-0.3, -0.25) is 4.79 Å². The van der Waals surface area contributed by atoms with Crippen LogP contribution in [0.5, 0.6) is 0 Å². The van der Waals surface area contributed by atoms with E-state index in [1.54, 1.807) is 0 Å². The molecular formula is C9H19NOS. The van der Waals surface area contributed by atoms with Crippen molar-refractivity contribution in [2.75, 3.05) is 6.54 Å². The smallest absolute Gasteiger partial charge is 0.233 e. The highest BCUT2D eigenvalue weighted by Gasteiger charge is 2.16. The van der Waals surface area contributed by atoms with Crippen molar-refractivity contribution in [1.82, 2.24) is 5.32 Å². The maximum atomic E-state index is 11.3. The van der Waals surface area contributed by atoms with Gasteiger partial charge in [0.15, 0.2) is 0 Å². The molecule has 0 saturated heterocycles. The molecule has 0 aliphatic carbocycles. The molecule has 0 aromatic heterocycles. The lowest BCUT2D eigenvalue weighted by Crippen LogP contribution is -2.36. The summed E-state index contributed by atoms with van der Waals surface area (Å²) >= 11 is 4.21. The Kier molecular flexibility index (Phi) is 5.38. The quantitative estimate of drug-likeness (QED) is 0.648. The lowest BCUT2D eigenvalue weighted by molar-refractivity contribution is -0.121. The average molecular weight is 189 g/mol. The number of amides is 1. The number of hydrogen-bond acceptors (Lipinski definition) is 2. The molecule has 12 heavy (non-hydrogen) atoms. The molecule has 0 rings (SSSR count). The van der Waals surface area contributed by atoms with Crippen molar-refractivity contribution >= 4 is 18.5 Å². The van der Waals surface area contributed by atoms with E-state index in [0.29, 0.717) is 11.8 Å². The predicted octanol–water partition coefficient (Wildman–Crippen LogP) is 1.71. The average Bonchev–Trinajstić information content (AvgIpc) is 1.98. The highest BCUT2D eigenvalue weighted by Crippen LogP contribution is 2.08. The fourth-order valence-corrected chi connectivity index (χ4v) is 0.803. The SMILES string of the molecule is CC(C)CNC(=O)C(S)C(C)C. The molecule has 72 valence electrons. The first-order valence-electron chi connectivity index (χ1n) is 4.41. The summed E-state index contributed by atoms with van der Waals surface area (Å²) in [4.78, 5) is 11.3. The van der Waals surface area contributed by atoms with E-state index < -0.39 is 0 Å². The number of thiol groups is 1. The topological polar surface area (TPSA) is 29.1 Å². The Morgan fingerprint density at radius 2 is 1.83 bits per heavy atom. The minimum Gasteiger partial charge on any atom is -0.355 e. The van der Waals surface area contributed by atoms with E-state index in [9.17, 15) is 4.79 Å². The summed E-state index contributed by atoms with van der Waals surface area (Å²) in [5, 5.41) is 2.67. The molecule has 0 heterocycles. The molecule has 0 bridgehead atoms. The van der Waals surface area contributed by atoms with Gasteiger partial charge in [0, 0.05) is 6.54 Å². The Labute approximate surface area is 80.5 Å². The zero-order valence-corrected chi connectivity index (χ0v) is 9.19. The standard InChI is InChI=1S/C9H19NOS/c1-6(2)5-10-9(11)8(12)7(3)4/h6-8,12H,5H2,1-4H3,(H,10,11). The van der Waals surface area contributed by atoms with E-state index in [2.05, 4.69) is 31.8 Å². The molecule has 1 amide bonds. The van der Waals surface area contributed by atoms with E-state index in [1.807, 2.05) is 13.8 Å². The van der Waals surface area contributed by atoms with Crippen LogP contribution in [-0.2, 0) is 4.79 Å². The second-order valence-corrected chi connectivity index (χ2v) is 4.38. The summed E-state index contributed by atoms with van der Waals surface area (Å²) in [6, 6.07) is 0. The van der Waals surface area contributed by atoms with Crippen LogP contribution in [0.2, 0.25) is 0 Å². The molecule has 1 N–H and O–H groups in total. The molecule has 0 aliphatic heterocycles. The highest BCUT2D eigenvalue weighted by molar-refractivity contribution is 7.81. The van der Waals surface area contributed by atoms with Crippen LogP contribution in [0.15, 0.2) is 0 Å². The largest absolute Gasteiger partial charge is 0.355 e. The Morgan fingerprint density at radius 3 is 2.17 bits per heavy atom. The van der Waals surface area contributed by atoms with Gasteiger partial charge in [-0.05, 0) is 11.8 Å². The normalized spacial score (nSPS) is 13.6. The number of carbonyl (C=O) groups is 1. The molecule has 0 aromatic carbocycles. The van der Waals surface area contributed by atoms with Crippen LogP contribution >= 0.6 is 12.6 Å². The van der Waals surface area contributed by atoms with E-state index in [4.69, 9.17) is 0 Å². The number of hydrogen-bond donors (Lipinski definition) is 2. The molecule has 0 spiro atoms. The summed E-state index contributed by atoms with van der Waals surface area (Å²) in [7, 11) is 0. The Hall–Kier alpha value is -0.180. The van der Waals surface area contributed by atoms with Crippen LogP contribution < -0.4 is 5.32 Å². The van der Waals surface area contributed by atoms with Gasteiger partial charge in [-0.1, -0.05) is 27.7 Å². The lowest BCUT2D eigenvalue weighted by Gasteiger charge is -2.15. The molecular weight excluding hydrogens is 170 g/mol. The van der Waals surface area contributed by atoms with Crippen molar-refractivity contribution in [2.24, 2.45) is 11.8 Å². The minimum absolute atomic E-state index is 0.0435. The summed E-state index contributed by atoms with van der Waals surface area (Å²) in [5.41, 5.74) is 0. The fourth-order valence-electron chi connectivity index (χ4n) is 0.712. The fraction of sp³-hybridized carbons (Fsp3) is 0.889. The maximum Gasteiger partial charge on any atom is 0.233 e. The van der Waals surface area contributed by atoms with E-state index >= 15 is 0 Å². The molecule has 2 nitrogen and oxygen atoms in total. The Bertz CT molecular complexity index is 145. The molecule has 0 aliphatic rings. The first kappa shape index (κ1) is 11.8. The van der Waals surface area contributed by atoms with Crippen molar-refractivity contribution in [2.45, 2.75) is 32.9 Å². The lowest BCUT2D eigenvalue weighted by atomic mass is 10.1. The highest BCUT2D eigenvalue weighted by atomic mass is 32.1. The van der Waals surface area contributed by atoms with Gasteiger partial charge in [-0.15, -0.1) is 0 Å². The van der Waals surface area contributed by atoms with Gasteiger partial charge in [-0.2, -0.15) is 12.6 Å². The van der Waals surface area contributed by atoms with Gasteiger partial charge in [0.05, 0.1) is 5.25 Å². The monoisotopic (exact) mass is 189 g/mol. The van der Waals surface area contributed by atoms with Crippen LogP contribution in [-0.4, -0.2) is 17.7 Å². The van der Waals surface area contributed by atoms with Gasteiger partial charge in [-0.25, -0.2) is 0 Å². The summed E-state index contributed by atoms with van der Waals surface area (Å²) in [6.07, 6.45) is 0. The van der Waals surface area contributed by atoms with Crippen molar-refractivity contribution in [3.05, 3.63) is 0 Å². The number of nitrogens with one attached hydrogen (secondary N) is 1. The summed E-state index contributed by atoms with van der Waals surface area (Å²) in [6.45, 7) is 8.87. The van der Waals surface area contributed by atoms with Gasteiger partial charge >= 0.3 is 0 Å². The molecule has 3 heteroatoms. The molecule has 1 unspecified atom stereocenters. The van der Waals surface area contributed by atoms with Crippen LogP contribution in [0.1, 0.15) is 27.7 Å². The van der Waals surface area contributed by atoms with Crippen LogP contribution in [0.25, 0.3) is 0 Å². The molecule has 0 aromatic rings.